The number of hydrogen-bond donors (Lipinski definition) is 2. The van der Waals surface area contributed by atoms with E-state index in [0.717, 1.165) is 0 Å². The Bertz CT molecular complexity index is 789. The smallest absolute Gasteiger partial charge is 0.253 e. The van der Waals surface area contributed by atoms with Gasteiger partial charge in [-0.2, -0.15) is 0 Å². The third kappa shape index (κ3) is 3.66. The Kier molecular flexibility index (Phi) is 5.16. The van der Waals surface area contributed by atoms with Crippen molar-refractivity contribution in [3.63, 3.8) is 0 Å². The van der Waals surface area contributed by atoms with Gasteiger partial charge in [-0.3, -0.25) is 14.6 Å². The lowest BCUT2D eigenvalue weighted by atomic mass is 9.85. The van der Waals surface area contributed by atoms with E-state index in [0.29, 0.717) is 37.2 Å². The van der Waals surface area contributed by atoms with Crippen molar-refractivity contribution in [3.05, 3.63) is 60.2 Å². The molecule has 2 heterocycles. The molecular weight excluding hydrogens is 335 g/mol. The third-order valence-corrected chi connectivity index (χ3v) is 4.70. The van der Waals surface area contributed by atoms with E-state index in [1.165, 1.54) is 12.1 Å². The molecule has 2 amide bonds. The number of aromatic nitrogens is 1. The summed E-state index contributed by atoms with van der Waals surface area (Å²) in [5, 5.41) is 5.86. The zero-order valence-electron chi connectivity index (χ0n) is 14.5. The molecule has 7 heteroatoms. The Morgan fingerprint density at radius 3 is 2.46 bits per heavy atom. The Morgan fingerprint density at radius 1 is 1.15 bits per heavy atom. The summed E-state index contributed by atoms with van der Waals surface area (Å²) in [6.45, 7) is 0.855. The van der Waals surface area contributed by atoms with Gasteiger partial charge in [-0.05, 0) is 43.2 Å². The van der Waals surface area contributed by atoms with Gasteiger partial charge in [0.1, 0.15) is 11.4 Å². The van der Waals surface area contributed by atoms with E-state index < -0.39 is 5.54 Å². The normalized spacial score (nSPS) is 16.0. The summed E-state index contributed by atoms with van der Waals surface area (Å²) in [5.74, 6) is -0.617. The van der Waals surface area contributed by atoms with Crippen LogP contribution in [0.15, 0.2) is 48.8 Å². The predicted octanol–water partition coefficient (Wildman–Crippen LogP) is 2.05. The highest BCUT2D eigenvalue weighted by atomic mass is 19.1. The number of likely N-dealkylation sites (N-methyl/N-ethyl adjacent to an activating group) is 1. The van der Waals surface area contributed by atoms with Crippen molar-refractivity contribution in [2.45, 2.75) is 18.4 Å². The zero-order valence-corrected chi connectivity index (χ0v) is 14.5. The Hall–Kier alpha value is -2.96. The van der Waals surface area contributed by atoms with E-state index in [1.54, 1.807) is 48.6 Å². The number of likely N-dealkylation sites (tertiary alicyclic amines) is 1. The van der Waals surface area contributed by atoms with Crippen LogP contribution in [0.25, 0.3) is 0 Å². The minimum absolute atomic E-state index is 0.0799. The van der Waals surface area contributed by atoms with Gasteiger partial charge >= 0.3 is 0 Å². The lowest BCUT2D eigenvalue weighted by Crippen LogP contribution is -2.58. The molecule has 0 saturated carbocycles. The molecule has 1 aromatic heterocycles. The fourth-order valence-electron chi connectivity index (χ4n) is 3.26. The van der Waals surface area contributed by atoms with Crippen LogP contribution in [0, 0.1) is 5.82 Å². The number of carbonyl (C=O) groups is 2. The standard InChI is InChI=1S/C19H21FN4O2/c1-21-18(26)19(23-16-4-2-3-15(20)13-16)7-11-24(12-8-19)17(25)14-5-9-22-10-6-14/h2-6,9-10,13,23H,7-8,11-12H2,1H3,(H,21,26). The number of benzene rings is 1. The Labute approximate surface area is 151 Å². The van der Waals surface area contributed by atoms with Crippen LogP contribution in [0.4, 0.5) is 10.1 Å². The van der Waals surface area contributed by atoms with Crippen molar-refractivity contribution in [1.29, 1.82) is 0 Å². The van der Waals surface area contributed by atoms with Crippen molar-refractivity contribution in [1.82, 2.24) is 15.2 Å². The van der Waals surface area contributed by atoms with Crippen molar-refractivity contribution in [2.24, 2.45) is 0 Å². The van der Waals surface area contributed by atoms with Crippen LogP contribution in [-0.2, 0) is 4.79 Å². The second kappa shape index (κ2) is 7.51. The van der Waals surface area contributed by atoms with E-state index >= 15 is 0 Å². The first-order valence-corrected chi connectivity index (χ1v) is 8.49. The number of anilines is 1. The van der Waals surface area contributed by atoms with Crippen molar-refractivity contribution in [2.75, 3.05) is 25.5 Å². The summed E-state index contributed by atoms with van der Waals surface area (Å²) in [7, 11) is 1.58. The second-order valence-corrected chi connectivity index (χ2v) is 6.32. The van der Waals surface area contributed by atoms with Gasteiger partial charge < -0.3 is 15.5 Å². The van der Waals surface area contributed by atoms with E-state index in [-0.39, 0.29) is 17.6 Å². The number of rotatable bonds is 4. The quantitative estimate of drug-likeness (QED) is 0.879. The number of piperidine rings is 1. The molecule has 26 heavy (non-hydrogen) atoms. The molecule has 0 unspecified atom stereocenters. The van der Waals surface area contributed by atoms with Crippen LogP contribution in [0.2, 0.25) is 0 Å². The maximum atomic E-state index is 13.5. The maximum Gasteiger partial charge on any atom is 0.253 e. The molecule has 1 aromatic carbocycles. The minimum Gasteiger partial charge on any atom is -0.371 e. The molecule has 136 valence electrons. The highest BCUT2D eigenvalue weighted by molar-refractivity contribution is 5.95. The van der Waals surface area contributed by atoms with Crippen molar-refractivity contribution < 1.29 is 14.0 Å². The van der Waals surface area contributed by atoms with Gasteiger partial charge in [-0.1, -0.05) is 6.07 Å². The molecule has 2 N–H and O–H groups in total. The third-order valence-electron chi connectivity index (χ3n) is 4.70. The van der Waals surface area contributed by atoms with Gasteiger partial charge in [-0.25, -0.2) is 4.39 Å². The first-order chi connectivity index (χ1) is 12.5. The molecule has 0 atom stereocenters. The van der Waals surface area contributed by atoms with Crippen molar-refractivity contribution in [3.8, 4) is 0 Å². The Morgan fingerprint density at radius 2 is 1.85 bits per heavy atom. The minimum atomic E-state index is -0.877. The highest BCUT2D eigenvalue weighted by Crippen LogP contribution is 2.28. The van der Waals surface area contributed by atoms with Crippen molar-refractivity contribution >= 4 is 17.5 Å². The zero-order chi connectivity index (χ0) is 18.6. The van der Waals surface area contributed by atoms with Crippen LogP contribution in [0.5, 0.6) is 0 Å². The number of amides is 2. The number of halogens is 1. The number of nitrogens with zero attached hydrogens (tertiary/aromatic N) is 2. The van der Waals surface area contributed by atoms with Gasteiger partial charge in [0, 0.05) is 43.8 Å². The van der Waals surface area contributed by atoms with Gasteiger partial charge in [0.05, 0.1) is 0 Å². The molecule has 0 aliphatic carbocycles. The van der Waals surface area contributed by atoms with Crippen LogP contribution in [0.3, 0.4) is 0 Å². The summed E-state index contributed by atoms with van der Waals surface area (Å²) in [6.07, 6.45) is 4.02. The van der Waals surface area contributed by atoms with E-state index in [2.05, 4.69) is 15.6 Å². The largest absolute Gasteiger partial charge is 0.371 e. The van der Waals surface area contributed by atoms with E-state index in [1.807, 2.05) is 0 Å². The summed E-state index contributed by atoms with van der Waals surface area (Å²) < 4.78 is 13.5. The summed E-state index contributed by atoms with van der Waals surface area (Å²) in [6, 6.07) is 9.38. The number of carbonyl (C=O) groups excluding carboxylic acids is 2. The molecule has 1 aliphatic heterocycles. The maximum absolute atomic E-state index is 13.5. The summed E-state index contributed by atoms with van der Waals surface area (Å²) >= 11 is 0. The Balaban J connectivity index is 1.75. The van der Waals surface area contributed by atoms with E-state index in [9.17, 15) is 14.0 Å². The molecule has 1 aliphatic rings. The molecule has 6 nitrogen and oxygen atoms in total. The first kappa shape index (κ1) is 17.8. The molecule has 2 aromatic rings. The van der Waals surface area contributed by atoms with E-state index in [4.69, 9.17) is 0 Å². The molecule has 1 saturated heterocycles. The van der Waals surface area contributed by atoms with Crippen LogP contribution in [-0.4, -0.2) is 47.4 Å². The summed E-state index contributed by atoms with van der Waals surface area (Å²) in [4.78, 5) is 30.8. The second-order valence-electron chi connectivity index (χ2n) is 6.32. The fourth-order valence-corrected chi connectivity index (χ4v) is 3.26. The number of pyridine rings is 1. The van der Waals surface area contributed by atoms with Crippen LogP contribution in [0.1, 0.15) is 23.2 Å². The van der Waals surface area contributed by atoms with Gasteiger partial charge in [0.15, 0.2) is 0 Å². The first-order valence-electron chi connectivity index (χ1n) is 8.49. The molecule has 3 rings (SSSR count). The molecule has 1 fully saturated rings. The highest BCUT2D eigenvalue weighted by Gasteiger charge is 2.42. The number of nitrogens with one attached hydrogen (secondary N) is 2. The predicted molar refractivity (Wildman–Crippen MR) is 96.2 cm³/mol. The average Bonchev–Trinajstić information content (AvgIpc) is 2.68. The molecular formula is C19H21FN4O2. The lowest BCUT2D eigenvalue weighted by molar-refractivity contribution is -0.126. The van der Waals surface area contributed by atoms with Gasteiger partial charge in [-0.15, -0.1) is 0 Å². The fraction of sp³-hybridized carbons (Fsp3) is 0.316. The average molecular weight is 356 g/mol. The number of hydrogen-bond acceptors (Lipinski definition) is 4. The van der Waals surface area contributed by atoms with Crippen LogP contribution < -0.4 is 10.6 Å². The van der Waals surface area contributed by atoms with Crippen LogP contribution >= 0.6 is 0 Å². The monoisotopic (exact) mass is 356 g/mol. The molecule has 0 bridgehead atoms. The topological polar surface area (TPSA) is 74.3 Å². The van der Waals surface area contributed by atoms with Gasteiger partial charge in [0.2, 0.25) is 5.91 Å². The SMILES string of the molecule is CNC(=O)C1(Nc2cccc(F)c2)CCN(C(=O)c2ccncc2)CC1. The molecule has 0 radical (unpaired) electrons. The lowest BCUT2D eigenvalue weighted by Gasteiger charge is -2.41. The van der Waals surface area contributed by atoms with Gasteiger partial charge in [0.25, 0.3) is 5.91 Å². The molecule has 0 spiro atoms. The summed E-state index contributed by atoms with van der Waals surface area (Å²) in [5.41, 5.74) is 0.241.